The van der Waals surface area contributed by atoms with Crippen LogP contribution in [0.15, 0.2) is 42.2 Å². The molecular formula is C24H38O10P2. The maximum Gasteiger partial charge on any atom is 0.349 e. The van der Waals surface area contributed by atoms with Gasteiger partial charge in [0.25, 0.3) is 0 Å². The highest BCUT2D eigenvalue weighted by atomic mass is 31.2. The maximum atomic E-state index is 13.9. The molecule has 204 valence electrons. The minimum atomic E-state index is -4.02. The van der Waals surface area contributed by atoms with Gasteiger partial charge in [-0.15, -0.1) is 0 Å². The molecule has 3 atom stereocenters. The Bertz CT molecular complexity index is 917. The fraction of sp³-hybridized carbons (Fsp3) is 0.667. The van der Waals surface area contributed by atoms with E-state index >= 15 is 0 Å². The molecule has 0 amide bonds. The van der Waals surface area contributed by atoms with Crippen LogP contribution in [0.25, 0.3) is 0 Å². The van der Waals surface area contributed by atoms with E-state index in [2.05, 4.69) is 0 Å². The zero-order chi connectivity index (χ0) is 26.4. The molecule has 0 aromatic heterocycles. The first-order valence-corrected chi connectivity index (χ1v) is 15.5. The second-order valence-corrected chi connectivity index (χ2v) is 13.2. The molecule has 1 aromatic carbocycles. The fourth-order valence-electron chi connectivity index (χ4n) is 4.09. The fourth-order valence-corrected chi connectivity index (χ4v) is 9.14. The first-order chi connectivity index (χ1) is 17.1. The average molecular weight is 549 g/mol. The van der Waals surface area contributed by atoms with Gasteiger partial charge in [-0.05, 0) is 53.2 Å². The zero-order valence-electron chi connectivity index (χ0n) is 21.8. The first-order valence-electron chi connectivity index (χ1n) is 12.3. The third-order valence-corrected chi connectivity index (χ3v) is 11.1. The van der Waals surface area contributed by atoms with Crippen molar-refractivity contribution in [2.45, 2.75) is 77.8 Å². The summed E-state index contributed by atoms with van der Waals surface area (Å²) in [5.41, 5.74) is 0.959. The summed E-state index contributed by atoms with van der Waals surface area (Å²) in [5, 5.41) is -1.39. The van der Waals surface area contributed by atoms with Crippen molar-refractivity contribution < 1.29 is 46.2 Å². The molecule has 0 spiro atoms. The van der Waals surface area contributed by atoms with E-state index in [1.165, 1.54) is 6.08 Å². The van der Waals surface area contributed by atoms with Gasteiger partial charge in [-0.1, -0.05) is 30.3 Å². The van der Waals surface area contributed by atoms with Gasteiger partial charge in [-0.3, -0.25) is 9.13 Å². The van der Waals surface area contributed by atoms with E-state index in [1.807, 2.05) is 30.3 Å². The first kappa shape index (κ1) is 29.5. The van der Waals surface area contributed by atoms with Gasteiger partial charge in [0.05, 0.1) is 33.0 Å². The van der Waals surface area contributed by atoms with Crippen molar-refractivity contribution in [2.24, 2.45) is 0 Å². The molecule has 3 rings (SSSR count). The Morgan fingerprint density at radius 3 is 1.92 bits per heavy atom. The van der Waals surface area contributed by atoms with Gasteiger partial charge in [0, 0.05) is 0 Å². The molecule has 36 heavy (non-hydrogen) atoms. The molecular weight excluding hydrogens is 510 g/mol. The van der Waals surface area contributed by atoms with E-state index in [1.54, 1.807) is 41.5 Å². The summed E-state index contributed by atoms with van der Waals surface area (Å²) in [6.45, 7) is 10.8. The molecule has 12 heteroatoms. The summed E-state index contributed by atoms with van der Waals surface area (Å²) < 4.78 is 74.4. The smallest absolute Gasteiger partial charge is 0.349 e. The molecule has 2 saturated heterocycles. The standard InChI is InChI=1S/C24H38O10P2/c1-7-28-35(25,29-8-2)20(36(26,30-9-3)31-10-4)16-19-21-22(34-24(5,6)33-21)23(32-19)27-17-18-14-12-11-13-15-18/h11-16,20-23H,7-10,17H2,1-6H3/b19-16-/t21-,22-,23-/m0/s1. The predicted octanol–water partition coefficient (Wildman–Crippen LogP) is 5.82. The van der Waals surface area contributed by atoms with Crippen LogP contribution in [-0.4, -0.2) is 56.1 Å². The second-order valence-electron chi connectivity index (χ2n) is 8.54. The minimum absolute atomic E-state index is 0.0670. The highest BCUT2D eigenvalue weighted by molar-refractivity contribution is 7.73. The molecule has 0 N–H and O–H groups in total. The van der Waals surface area contributed by atoms with E-state index < -0.39 is 44.9 Å². The van der Waals surface area contributed by atoms with Crippen LogP contribution in [0.1, 0.15) is 47.1 Å². The summed E-state index contributed by atoms with van der Waals surface area (Å²) in [5.74, 6) is -0.678. The molecule has 2 aliphatic heterocycles. The second kappa shape index (κ2) is 12.7. The van der Waals surface area contributed by atoms with Crippen LogP contribution in [0, 0.1) is 0 Å². The maximum absolute atomic E-state index is 13.9. The van der Waals surface area contributed by atoms with Crippen LogP contribution in [-0.2, 0) is 52.8 Å². The molecule has 0 radical (unpaired) electrons. The molecule has 10 nitrogen and oxygen atoms in total. The number of allylic oxidation sites excluding steroid dienone is 1. The van der Waals surface area contributed by atoms with Gasteiger partial charge in [-0.2, -0.15) is 0 Å². The SMILES string of the molecule is CCOP(=O)(OCC)C(/C=C1\O[C@H](OCc2ccccc2)[C@H]2OC(C)(C)O[C@@H]12)P(=O)(OCC)OCC. The predicted molar refractivity (Wildman–Crippen MR) is 134 cm³/mol. The summed E-state index contributed by atoms with van der Waals surface area (Å²) in [6, 6.07) is 9.64. The van der Waals surface area contributed by atoms with Crippen molar-refractivity contribution in [2.75, 3.05) is 26.4 Å². The van der Waals surface area contributed by atoms with Crippen molar-refractivity contribution in [3.05, 3.63) is 47.7 Å². The van der Waals surface area contributed by atoms with E-state index in [4.69, 9.17) is 37.0 Å². The summed E-state index contributed by atoms with van der Waals surface area (Å²) >= 11 is 0. The van der Waals surface area contributed by atoms with Crippen molar-refractivity contribution in [3.8, 4) is 0 Å². The molecule has 0 saturated carbocycles. The van der Waals surface area contributed by atoms with Gasteiger partial charge in [0.15, 0.2) is 23.4 Å². The highest BCUT2D eigenvalue weighted by Crippen LogP contribution is 2.71. The lowest BCUT2D eigenvalue weighted by Crippen LogP contribution is -2.31. The lowest BCUT2D eigenvalue weighted by atomic mass is 10.2. The van der Waals surface area contributed by atoms with Gasteiger partial charge in [0.2, 0.25) is 6.29 Å². The minimum Gasteiger partial charge on any atom is -0.464 e. The van der Waals surface area contributed by atoms with Crippen LogP contribution < -0.4 is 0 Å². The Kier molecular flexibility index (Phi) is 10.4. The normalized spacial score (nSPS) is 24.9. The Labute approximate surface area is 213 Å². The summed E-state index contributed by atoms with van der Waals surface area (Å²) in [7, 11) is -8.04. The Balaban J connectivity index is 2.00. The Hall–Kier alpha value is -1.06. The number of hydrogen-bond donors (Lipinski definition) is 0. The number of ether oxygens (including phenoxy) is 4. The zero-order valence-corrected chi connectivity index (χ0v) is 23.6. The molecule has 0 unspecified atom stereocenters. The third kappa shape index (κ3) is 6.87. The van der Waals surface area contributed by atoms with Gasteiger partial charge in [0.1, 0.15) is 5.76 Å². The monoisotopic (exact) mass is 548 g/mol. The average Bonchev–Trinajstić information content (AvgIpc) is 3.30. The number of fused-ring (bicyclic) bond motifs is 1. The van der Waals surface area contributed by atoms with Gasteiger partial charge < -0.3 is 37.0 Å². The van der Waals surface area contributed by atoms with Crippen LogP contribution >= 0.6 is 15.2 Å². The van der Waals surface area contributed by atoms with E-state index in [9.17, 15) is 9.13 Å². The van der Waals surface area contributed by atoms with Crippen LogP contribution in [0.2, 0.25) is 0 Å². The van der Waals surface area contributed by atoms with Crippen LogP contribution in [0.4, 0.5) is 0 Å². The summed E-state index contributed by atoms with van der Waals surface area (Å²) in [4.78, 5) is 0. The van der Waals surface area contributed by atoms with E-state index in [0.717, 1.165) is 5.56 Å². The largest absolute Gasteiger partial charge is 0.464 e. The molecule has 2 fully saturated rings. The van der Waals surface area contributed by atoms with Crippen molar-refractivity contribution >= 4 is 15.2 Å². The third-order valence-electron chi connectivity index (χ3n) is 5.38. The molecule has 1 aromatic rings. The quantitative estimate of drug-likeness (QED) is 0.264. The van der Waals surface area contributed by atoms with E-state index in [0.29, 0.717) is 0 Å². The van der Waals surface area contributed by atoms with Crippen LogP contribution in [0.5, 0.6) is 0 Å². The van der Waals surface area contributed by atoms with Gasteiger partial charge >= 0.3 is 15.2 Å². The van der Waals surface area contributed by atoms with Crippen molar-refractivity contribution in [1.82, 2.24) is 0 Å². The van der Waals surface area contributed by atoms with Crippen molar-refractivity contribution in [3.63, 3.8) is 0 Å². The lowest BCUT2D eigenvalue weighted by molar-refractivity contribution is -0.211. The number of rotatable bonds is 14. The lowest BCUT2D eigenvalue weighted by Gasteiger charge is -2.30. The molecule has 2 heterocycles. The highest BCUT2D eigenvalue weighted by Gasteiger charge is 2.57. The summed E-state index contributed by atoms with van der Waals surface area (Å²) in [6.07, 6.45) is -0.697. The molecule has 0 bridgehead atoms. The van der Waals surface area contributed by atoms with Crippen molar-refractivity contribution in [1.29, 1.82) is 0 Å². The van der Waals surface area contributed by atoms with E-state index in [-0.39, 0.29) is 38.8 Å². The number of hydrogen-bond acceptors (Lipinski definition) is 10. The Morgan fingerprint density at radius 1 is 0.889 bits per heavy atom. The Morgan fingerprint density at radius 2 is 1.42 bits per heavy atom. The van der Waals surface area contributed by atoms with Crippen LogP contribution in [0.3, 0.4) is 0 Å². The number of benzene rings is 1. The molecule has 0 aliphatic carbocycles. The van der Waals surface area contributed by atoms with Gasteiger partial charge in [-0.25, -0.2) is 0 Å². The topological polar surface area (TPSA) is 108 Å². The molecule has 2 aliphatic rings.